The summed E-state index contributed by atoms with van der Waals surface area (Å²) in [6.45, 7) is 0. The molecule has 35 heavy (non-hydrogen) atoms. The van der Waals surface area contributed by atoms with Crippen LogP contribution in [0.3, 0.4) is 0 Å². The summed E-state index contributed by atoms with van der Waals surface area (Å²) in [6, 6.07) is 46.5. The second kappa shape index (κ2) is 6.94. The van der Waals surface area contributed by atoms with Gasteiger partial charge in [0.2, 0.25) is 0 Å². The molecule has 0 spiro atoms. The van der Waals surface area contributed by atoms with E-state index >= 15 is 0 Å². The molecule has 0 bridgehead atoms. The highest BCUT2D eigenvalue weighted by molar-refractivity contribution is 6.19. The molecule has 0 atom stereocenters. The number of fused-ring (bicyclic) bond motifs is 6. The quantitative estimate of drug-likeness (QED) is 0.251. The molecule has 0 unspecified atom stereocenters. The van der Waals surface area contributed by atoms with E-state index in [1.54, 1.807) is 0 Å². The highest BCUT2D eigenvalue weighted by atomic mass is 15.0. The number of aromatic nitrogens is 1. The average Bonchev–Trinajstić information content (AvgIpc) is 3.43. The molecule has 0 radical (unpaired) electrons. The van der Waals surface area contributed by atoms with Gasteiger partial charge in [-0.2, -0.15) is 0 Å². The minimum atomic E-state index is 1.19. The van der Waals surface area contributed by atoms with Gasteiger partial charge in [0.05, 0.1) is 11.0 Å². The van der Waals surface area contributed by atoms with Gasteiger partial charge in [0.15, 0.2) is 0 Å². The van der Waals surface area contributed by atoms with E-state index in [9.17, 15) is 0 Å². The van der Waals surface area contributed by atoms with Crippen LogP contribution in [0.25, 0.3) is 71.6 Å². The Labute approximate surface area is 203 Å². The van der Waals surface area contributed by atoms with E-state index in [4.69, 9.17) is 0 Å². The van der Waals surface area contributed by atoms with Crippen LogP contribution >= 0.6 is 0 Å². The fourth-order valence-electron chi connectivity index (χ4n) is 6.06. The predicted octanol–water partition coefficient (Wildman–Crippen LogP) is 9.25. The third-order valence-electron chi connectivity index (χ3n) is 7.55. The minimum Gasteiger partial charge on any atom is -0.309 e. The summed E-state index contributed by atoms with van der Waals surface area (Å²) >= 11 is 0. The molecule has 1 heteroatoms. The van der Waals surface area contributed by atoms with Crippen molar-refractivity contribution in [1.29, 1.82) is 0 Å². The highest BCUT2D eigenvalue weighted by Crippen LogP contribution is 2.49. The smallest absolute Gasteiger partial charge is 0.0541 e. The molecule has 1 aliphatic rings. The van der Waals surface area contributed by atoms with Crippen molar-refractivity contribution in [2.45, 2.75) is 0 Å². The van der Waals surface area contributed by atoms with E-state index in [0.717, 1.165) is 0 Å². The maximum atomic E-state index is 2.38. The summed E-state index contributed by atoms with van der Waals surface area (Å²) in [5, 5.41) is 5.26. The first-order valence-corrected chi connectivity index (χ1v) is 12.1. The van der Waals surface area contributed by atoms with Gasteiger partial charge in [-0.3, -0.25) is 0 Å². The fourth-order valence-corrected chi connectivity index (χ4v) is 6.06. The summed E-state index contributed by atoms with van der Waals surface area (Å²) in [5.41, 5.74) is 11.6. The molecule has 0 fully saturated rings. The lowest BCUT2D eigenvalue weighted by molar-refractivity contribution is 1.18. The van der Waals surface area contributed by atoms with Gasteiger partial charge in [-0.05, 0) is 74.5 Å². The zero-order chi connectivity index (χ0) is 22.9. The second-order valence-corrected chi connectivity index (χ2v) is 9.35. The Bertz CT molecular complexity index is 1910. The largest absolute Gasteiger partial charge is 0.309 e. The standard InChI is InChI=1S/C34H21N/c1-2-9-23(10-3-1)35-32-16-7-6-13-27(32)31-21-22(17-20-33(31)35)24-18-19-30-26-12-5-4-11-25(26)29-15-8-14-28(24)34(29)30/h1-21H. The van der Waals surface area contributed by atoms with Gasteiger partial charge < -0.3 is 4.57 Å². The summed E-state index contributed by atoms with van der Waals surface area (Å²) in [4.78, 5) is 0. The molecular formula is C34H21N. The van der Waals surface area contributed by atoms with E-state index in [0.29, 0.717) is 0 Å². The Morgan fingerprint density at radius 2 is 1.00 bits per heavy atom. The van der Waals surface area contributed by atoms with E-state index in [1.165, 1.54) is 71.6 Å². The van der Waals surface area contributed by atoms with Crippen LogP contribution < -0.4 is 0 Å². The van der Waals surface area contributed by atoms with Crippen LogP contribution in [0.5, 0.6) is 0 Å². The summed E-state index contributed by atoms with van der Waals surface area (Å²) in [6.07, 6.45) is 0. The van der Waals surface area contributed by atoms with Gasteiger partial charge in [0.25, 0.3) is 0 Å². The first kappa shape index (κ1) is 18.8. The summed E-state index contributed by atoms with van der Waals surface area (Å²) in [5.74, 6) is 0. The molecule has 1 aliphatic carbocycles. The highest BCUT2D eigenvalue weighted by Gasteiger charge is 2.22. The Balaban J connectivity index is 1.41. The van der Waals surface area contributed by atoms with Crippen molar-refractivity contribution >= 4 is 32.6 Å². The lowest BCUT2D eigenvalue weighted by Gasteiger charge is -2.11. The Kier molecular flexibility index (Phi) is 3.72. The third-order valence-corrected chi connectivity index (χ3v) is 7.55. The molecule has 0 aliphatic heterocycles. The Hall–Kier alpha value is -4.62. The summed E-state index contributed by atoms with van der Waals surface area (Å²) < 4.78 is 2.37. The van der Waals surface area contributed by atoms with Crippen LogP contribution in [0.4, 0.5) is 0 Å². The zero-order valence-electron chi connectivity index (χ0n) is 19.1. The van der Waals surface area contributed by atoms with E-state index < -0.39 is 0 Å². The van der Waals surface area contributed by atoms with Gasteiger partial charge in [-0.15, -0.1) is 0 Å². The molecule has 162 valence electrons. The van der Waals surface area contributed by atoms with Gasteiger partial charge in [0.1, 0.15) is 0 Å². The average molecular weight is 444 g/mol. The van der Waals surface area contributed by atoms with Crippen molar-refractivity contribution in [2.24, 2.45) is 0 Å². The van der Waals surface area contributed by atoms with Crippen molar-refractivity contribution in [2.75, 3.05) is 0 Å². The topological polar surface area (TPSA) is 4.93 Å². The van der Waals surface area contributed by atoms with Crippen LogP contribution in [0.1, 0.15) is 0 Å². The molecule has 0 amide bonds. The number of rotatable bonds is 2. The molecule has 1 nitrogen and oxygen atoms in total. The normalized spacial score (nSPS) is 12.0. The van der Waals surface area contributed by atoms with Crippen molar-refractivity contribution in [3.05, 3.63) is 127 Å². The molecule has 0 saturated heterocycles. The molecule has 0 saturated carbocycles. The van der Waals surface area contributed by atoms with E-state index in [2.05, 4.69) is 132 Å². The molecule has 7 aromatic rings. The number of hydrogen-bond donors (Lipinski definition) is 0. The Morgan fingerprint density at radius 1 is 0.371 bits per heavy atom. The Morgan fingerprint density at radius 3 is 1.86 bits per heavy atom. The van der Waals surface area contributed by atoms with E-state index in [1.807, 2.05) is 0 Å². The molecule has 1 heterocycles. The zero-order valence-corrected chi connectivity index (χ0v) is 19.1. The minimum absolute atomic E-state index is 1.19. The lowest BCUT2D eigenvalue weighted by atomic mass is 9.93. The van der Waals surface area contributed by atoms with Gasteiger partial charge in [0, 0.05) is 16.5 Å². The second-order valence-electron chi connectivity index (χ2n) is 9.35. The first-order chi connectivity index (χ1) is 17.4. The van der Waals surface area contributed by atoms with Crippen LogP contribution in [0.15, 0.2) is 127 Å². The molecule has 0 N–H and O–H groups in total. The molecule has 8 rings (SSSR count). The number of para-hydroxylation sites is 2. The van der Waals surface area contributed by atoms with Crippen molar-refractivity contribution in [3.8, 4) is 39.1 Å². The molecular weight excluding hydrogens is 422 g/mol. The van der Waals surface area contributed by atoms with Crippen LogP contribution in [-0.2, 0) is 0 Å². The number of benzene rings is 6. The molecule has 6 aromatic carbocycles. The van der Waals surface area contributed by atoms with Gasteiger partial charge in [-0.25, -0.2) is 0 Å². The first-order valence-electron chi connectivity index (χ1n) is 12.1. The fraction of sp³-hybridized carbons (Fsp3) is 0. The number of hydrogen-bond acceptors (Lipinski definition) is 0. The van der Waals surface area contributed by atoms with Crippen LogP contribution in [0, 0.1) is 0 Å². The van der Waals surface area contributed by atoms with Crippen molar-refractivity contribution < 1.29 is 0 Å². The maximum Gasteiger partial charge on any atom is 0.0541 e. The van der Waals surface area contributed by atoms with E-state index in [-0.39, 0.29) is 0 Å². The lowest BCUT2D eigenvalue weighted by Crippen LogP contribution is -1.92. The third kappa shape index (κ3) is 2.53. The van der Waals surface area contributed by atoms with Gasteiger partial charge >= 0.3 is 0 Å². The predicted molar refractivity (Wildman–Crippen MR) is 148 cm³/mol. The monoisotopic (exact) mass is 443 g/mol. The van der Waals surface area contributed by atoms with Crippen molar-refractivity contribution in [3.63, 3.8) is 0 Å². The SMILES string of the molecule is c1ccc(-n2c3ccccc3c3cc(-c4ccc5c6c(cccc46)-c4ccccc4-5)ccc32)cc1. The van der Waals surface area contributed by atoms with Gasteiger partial charge in [-0.1, -0.05) is 97.1 Å². The van der Waals surface area contributed by atoms with Crippen LogP contribution in [0.2, 0.25) is 0 Å². The molecule has 1 aromatic heterocycles. The van der Waals surface area contributed by atoms with Crippen molar-refractivity contribution in [1.82, 2.24) is 4.57 Å². The number of nitrogens with zero attached hydrogens (tertiary/aromatic N) is 1. The maximum absolute atomic E-state index is 2.38. The van der Waals surface area contributed by atoms with Crippen LogP contribution in [-0.4, -0.2) is 4.57 Å². The summed E-state index contributed by atoms with van der Waals surface area (Å²) in [7, 11) is 0.